The van der Waals surface area contributed by atoms with Crippen molar-refractivity contribution in [3.63, 3.8) is 0 Å². The summed E-state index contributed by atoms with van der Waals surface area (Å²) in [6.07, 6.45) is 0. The van der Waals surface area contributed by atoms with Crippen LogP contribution in [0.2, 0.25) is 0 Å². The van der Waals surface area contributed by atoms with Gasteiger partial charge in [0.05, 0.1) is 0 Å². The van der Waals surface area contributed by atoms with Crippen molar-refractivity contribution in [1.29, 1.82) is 0 Å². The van der Waals surface area contributed by atoms with Crippen LogP contribution in [0.25, 0.3) is 0 Å². The van der Waals surface area contributed by atoms with E-state index in [0.717, 1.165) is 0 Å². The Morgan fingerprint density at radius 1 is 0.273 bits per heavy atom. The van der Waals surface area contributed by atoms with Gasteiger partial charge in [-0.05, 0) is 0 Å². The summed E-state index contributed by atoms with van der Waals surface area (Å²) in [6, 6.07) is 0. The smallest absolute Gasteiger partial charge is 2.00 e. The SMILES string of the molecule is [O-2].[O-2].[O-2].[O-2].[O-2].[O-2].[O-2].[Pb+2].[Pb+2].[Rh+3].[Rh+3]. The zero-order valence-electron chi connectivity index (χ0n) is 4.52. The topological polar surface area (TPSA) is 200 Å². The first kappa shape index (κ1) is 287. The molecule has 11 heteroatoms. The van der Waals surface area contributed by atoms with Gasteiger partial charge in [0.15, 0.2) is 0 Å². The Hall–Kier alpha value is 2.81. The van der Waals surface area contributed by atoms with Crippen LogP contribution in [-0.2, 0) is 77.3 Å². The maximum absolute atomic E-state index is 0. The molecular formula is O7Pb2Rh2-4. The molecule has 0 N–H and O–H groups in total. The predicted molar refractivity (Wildman–Crippen MR) is 16.3 cm³/mol. The molecule has 4 radical (unpaired) electrons. The molecule has 0 atom stereocenters. The zero-order valence-corrected chi connectivity index (χ0v) is 15.6. The fourth-order valence-electron chi connectivity index (χ4n) is 0. The minimum absolute atomic E-state index is 0. The van der Waals surface area contributed by atoms with Crippen molar-refractivity contribution < 1.29 is 77.3 Å². The van der Waals surface area contributed by atoms with Crippen molar-refractivity contribution >= 4 is 54.6 Å². The van der Waals surface area contributed by atoms with Crippen LogP contribution >= 0.6 is 0 Å². The second-order valence-corrected chi connectivity index (χ2v) is 0. The molecule has 0 aromatic carbocycles. The van der Waals surface area contributed by atoms with Gasteiger partial charge in [0.25, 0.3) is 0 Å². The summed E-state index contributed by atoms with van der Waals surface area (Å²) in [4.78, 5) is 0. The first-order valence-corrected chi connectivity index (χ1v) is 0. The molecule has 72 valence electrons. The molecule has 0 aliphatic carbocycles. The van der Waals surface area contributed by atoms with Gasteiger partial charge in [-0.2, -0.15) is 0 Å². The van der Waals surface area contributed by atoms with E-state index in [4.69, 9.17) is 0 Å². The Morgan fingerprint density at radius 3 is 0.273 bits per heavy atom. The first-order chi connectivity index (χ1) is 0. The van der Waals surface area contributed by atoms with Gasteiger partial charge in [-0.1, -0.05) is 0 Å². The van der Waals surface area contributed by atoms with E-state index in [0.29, 0.717) is 0 Å². The standard InChI is InChI=1S/7O.2Pb.2Rh/q7*-2;2*+2;2*+3. The second-order valence-electron chi connectivity index (χ2n) is 0. The molecule has 0 saturated carbocycles. The Balaban J connectivity index is 0. The molecule has 0 saturated heterocycles. The van der Waals surface area contributed by atoms with E-state index in [9.17, 15) is 0 Å². The Morgan fingerprint density at radius 2 is 0.273 bits per heavy atom. The van der Waals surface area contributed by atoms with Gasteiger partial charge in [0.2, 0.25) is 0 Å². The fourth-order valence-corrected chi connectivity index (χ4v) is 0. The second kappa shape index (κ2) is 226. The van der Waals surface area contributed by atoms with Crippen molar-refractivity contribution in [2.75, 3.05) is 0 Å². The van der Waals surface area contributed by atoms with Crippen LogP contribution in [0, 0.1) is 0 Å². The number of hydrogen-bond acceptors (Lipinski definition) is 0. The number of hydrogen-bond donors (Lipinski definition) is 0. The molecule has 0 bridgehead atoms. The van der Waals surface area contributed by atoms with Crippen LogP contribution in [0.4, 0.5) is 0 Å². The van der Waals surface area contributed by atoms with Gasteiger partial charge in [0.1, 0.15) is 0 Å². The molecule has 0 aromatic heterocycles. The molecule has 0 aliphatic rings. The normalized spacial score (nSPS) is 0. The van der Waals surface area contributed by atoms with E-state index in [1.807, 2.05) is 0 Å². The minimum atomic E-state index is 0. The molecule has 0 spiro atoms. The maximum Gasteiger partial charge on any atom is 3.00 e. The first-order valence-electron chi connectivity index (χ1n) is 0. The van der Waals surface area contributed by atoms with Crippen molar-refractivity contribution in [3.05, 3.63) is 0 Å². The van der Waals surface area contributed by atoms with Gasteiger partial charge in [-0.25, -0.2) is 0 Å². The maximum atomic E-state index is 0. The monoisotopic (exact) mass is 734 g/mol. The molecule has 11 heavy (non-hydrogen) atoms. The van der Waals surface area contributed by atoms with Crippen molar-refractivity contribution in [1.82, 2.24) is 0 Å². The summed E-state index contributed by atoms with van der Waals surface area (Å²) >= 11 is 0. The molecule has 0 aliphatic heterocycles. The van der Waals surface area contributed by atoms with Crippen molar-refractivity contribution in [2.45, 2.75) is 0 Å². The average Bonchev–Trinajstić information content (AvgIpc) is 0. The number of rotatable bonds is 0. The van der Waals surface area contributed by atoms with Crippen LogP contribution in [0.5, 0.6) is 0 Å². The Bertz CT molecular complexity index is 14.4. The van der Waals surface area contributed by atoms with E-state index >= 15 is 0 Å². The van der Waals surface area contributed by atoms with E-state index < -0.39 is 0 Å². The fraction of sp³-hybridized carbons (Fsp3) is 0. The van der Waals surface area contributed by atoms with Crippen LogP contribution < -0.4 is 0 Å². The third-order valence-electron chi connectivity index (χ3n) is 0. The zero-order chi connectivity index (χ0) is 0. The summed E-state index contributed by atoms with van der Waals surface area (Å²) in [5.41, 5.74) is 0. The molecule has 0 amide bonds. The summed E-state index contributed by atoms with van der Waals surface area (Å²) in [5.74, 6) is 0. The molecular weight excluding hydrogens is 732 g/mol. The van der Waals surface area contributed by atoms with Gasteiger partial charge in [0, 0.05) is 0 Å². The summed E-state index contributed by atoms with van der Waals surface area (Å²) in [6.45, 7) is 0. The van der Waals surface area contributed by atoms with Gasteiger partial charge in [-0.15, -0.1) is 0 Å². The third kappa shape index (κ3) is 190. The molecule has 0 aromatic rings. The van der Waals surface area contributed by atoms with Gasteiger partial charge < -0.3 is 38.3 Å². The minimum Gasteiger partial charge on any atom is -2.00 e. The quantitative estimate of drug-likeness (QED) is 0.259. The summed E-state index contributed by atoms with van der Waals surface area (Å²) in [5, 5.41) is 0. The summed E-state index contributed by atoms with van der Waals surface area (Å²) in [7, 11) is 0. The Kier molecular flexibility index (Phi) is 5900. The van der Waals surface area contributed by atoms with E-state index in [1.165, 1.54) is 0 Å². The predicted octanol–water partition coefficient (Wildman–Crippen LogP) is -1.60. The van der Waals surface area contributed by atoms with Crippen LogP contribution in [0.15, 0.2) is 0 Å². The van der Waals surface area contributed by atoms with Crippen molar-refractivity contribution in [3.8, 4) is 0 Å². The van der Waals surface area contributed by atoms with Gasteiger partial charge >= 0.3 is 93.6 Å². The van der Waals surface area contributed by atoms with Crippen LogP contribution in [0.1, 0.15) is 0 Å². The van der Waals surface area contributed by atoms with E-state index in [2.05, 4.69) is 0 Å². The van der Waals surface area contributed by atoms with E-state index in [-0.39, 0.29) is 132 Å². The van der Waals surface area contributed by atoms with Crippen LogP contribution in [-0.4, -0.2) is 54.6 Å². The summed E-state index contributed by atoms with van der Waals surface area (Å²) < 4.78 is 0. The Labute approximate surface area is 130 Å². The third-order valence-corrected chi connectivity index (χ3v) is 0. The molecule has 0 fully saturated rings. The molecule has 0 heterocycles. The van der Waals surface area contributed by atoms with Crippen molar-refractivity contribution in [2.24, 2.45) is 0 Å². The molecule has 7 nitrogen and oxygen atoms in total. The van der Waals surface area contributed by atoms with Gasteiger partial charge in [-0.3, -0.25) is 0 Å². The average molecular weight is 732 g/mol. The van der Waals surface area contributed by atoms with Crippen LogP contribution in [0.3, 0.4) is 0 Å². The molecule has 0 unspecified atom stereocenters. The largest absolute Gasteiger partial charge is 3.00 e. The molecule has 0 rings (SSSR count). The van der Waals surface area contributed by atoms with E-state index in [1.54, 1.807) is 0 Å².